The van der Waals surface area contributed by atoms with Crippen LogP contribution in [0.4, 0.5) is 4.79 Å². The molecule has 0 bridgehead atoms. The molecule has 2 aliphatic rings. The summed E-state index contributed by atoms with van der Waals surface area (Å²) in [4.78, 5) is 36.3. The second-order valence-corrected chi connectivity index (χ2v) is 8.58. The van der Waals surface area contributed by atoms with E-state index in [2.05, 4.69) is 34.9 Å². The minimum atomic E-state index is -1.19. The van der Waals surface area contributed by atoms with Crippen LogP contribution in [-0.2, 0) is 14.3 Å². The highest BCUT2D eigenvalue weighted by atomic mass is 16.5. The third kappa shape index (κ3) is 5.12. The lowest BCUT2D eigenvalue weighted by atomic mass is 9.90. The van der Waals surface area contributed by atoms with Crippen molar-refractivity contribution in [3.05, 3.63) is 71.8 Å². The number of allylic oxidation sites excluding steroid dienone is 1. The van der Waals surface area contributed by atoms with E-state index in [4.69, 9.17) is 9.84 Å². The monoisotopic (exact) mass is 464 g/mol. The maximum Gasteiger partial charge on any atom is 0.407 e. The van der Waals surface area contributed by atoms with Gasteiger partial charge in [-0.2, -0.15) is 0 Å². The number of benzene rings is 2. The molecule has 0 radical (unpaired) electrons. The normalized spacial score (nSPS) is 19.6. The number of carbonyl (C=O) groups excluding carboxylic acids is 2. The first-order valence-corrected chi connectivity index (χ1v) is 11.4. The Morgan fingerprint density at radius 3 is 2.29 bits per heavy atom. The number of nitrogens with one attached hydrogen (secondary N) is 2. The average Bonchev–Trinajstić information content (AvgIpc) is 3.16. The second kappa shape index (κ2) is 10.5. The number of carbonyl (C=O) groups is 3. The predicted molar refractivity (Wildman–Crippen MR) is 125 cm³/mol. The van der Waals surface area contributed by atoms with Gasteiger partial charge in [0.15, 0.2) is 0 Å². The summed E-state index contributed by atoms with van der Waals surface area (Å²) in [7, 11) is 0. The number of carboxylic acid groups (broad SMARTS) is 1. The van der Waals surface area contributed by atoms with E-state index in [1.54, 1.807) is 6.08 Å². The van der Waals surface area contributed by atoms with Gasteiger partial charge in [-0.05, 0) is 35.1 Å². The van der Waals surface area contributed by atoms with E-state index in [0.29, 0.717) is 12.8 Å². The number of hydrogen-bond acceptors (Lipinski definition) is 5. The summed E-state index contributed by atoms with van der Waals surface area (Å²) in [5, 5.41) is 23.4. The van der Waals surface area contributed by atoms with Crippen LogP contribution in [0.3, 0.4) is 0 Å². The maximum atomic E-state index is 12.5. The molecule has 0 saturated heterocycles. The van der Waals surface area contributed by atoms with Crippen molar-refractivity contribution >= 4 is 18.0 Å². The Hall–Kier alpha value is -3.65. The van der Waals surface area contributed by atoms with Crippen molar-refractivity contribution in [3.63, 3.8) is 0 Å². The third-order valence-corrected chi connectivity index (χ3v) is 6.38. The fourth-order valence-electron chi connectivity index (χ4n) is 4.68. The lowest BCUT2D eigenvalue weighted by Gasteiger charge is -2.26. The zero-order chi connectivity index (χ0) is 24.1. The Kier molecular flexibility index (Phi) is 7.27. The topological polar surface area (TPSA) is 125 Å². The van der Waals surface area contributed by atoms with E-state index in [-0.39, 0.29) is 25.6 Å². The number of hydrogen-bond donors (Lipinski definition) is 4. The summed E-state index contributed by atoms with van der Waals surface area (Å²) in [5.74, 6) is -2.13. The highest BCUT2D eigenvalue weighted by Gasteiger charge is 2.31. The second-order valence-electron chi connectivity index (χ2n) is 8.58. The van der Waals surface area contributed by atoms with Gasteiger partial charge in [0.2, 0.25) is 5.91 Å². The molecule has 0 unspecified atom stereocenters. The van der Waals surface area contributed by atoms with E-state index >= 15 is 0 Å². The molecule has 0 saturated carbocycles. The van der Waals surface area contributed by atoms with Crippen molar-refractivity contribution in [3.8, 4) is 11.1 Å². The van der Waals surface area contributed by atoms with Gasteiger partial charge in [0.05, 0.1) is 6.04 Å². The summed E-state index contributed by atoms with van der Waals surface area (Å²) < 4.78 is 5.58. The van der Waals surface area contributed by atoms with Gasteiger partial charge in [-0.1, -0.05) is 60.7 Å². The Labute approximate surface area is 197 Å². The van der Waals surface area contributed by atoms with Crippen molar-refractivity contribution in [2.75, 3.05) is 13.2 Å². The molecule has 4 rings (SSSR count). The third-order valence-electron chi connectivity index (χ3n) is 6.38. The zero-order valence-corrected chi connectivity index (χ0v) is 18.6. The molecule has 2 aromatic carbocycles. The largest absolute Gasteiger partial charge is 0.480 e. The molecule has 4 N–H and O–H groups in total. The van der Waals surface area contributed by atoms with E-state index in [9.17, 15) is 19.5 Å². The van der Waals surface area contributed by atoms with Gasteiger partial charge in [-0.15, -0.1) is 0 Å². The van der Waals surface area contributed by atoms with Crippen LogP contribution >= 0.6 is 0 Å². The standard InChI is InChI=1S/C26H28N2O6/c29-13-12-23(25(31)32)28-24(30)16-6-5-7-17(14-16)27-26(33)34-15-22-20-10-3-1-8-18(20)19-9-2-4-11-21(19)22/h1-5,7-11,16-17,22-23,29H,6,12-15H2,(H,27,33)(H,28,30)(H,31,32)/t16-,17-,23-/m1/s1. The van der Waals surface area contributed by atoms with E-state index in [1.807, 2.05) is 30.3 Å². The summed E-state index contributed by atoms with van der Waals surface area (Å²) in [5.41, 5.74) is 4.55. The zero-order valence-electron chi connectivity index (χ0n) is 18.6. The van der Waals surface area contributed by atoms with Crippen molar-refractivity contribution in [2.24, 2.45) is 5.92 Å². The van der Waals surface area contributed by atoms with Gasteiger partial charge >= 0.3 is 12.1 Å². The van der Waals surface area contributed by atoms with Crippen molar-refractivity contribution in [1.29, 1.82) is 0 Å². The van der Waals surface area contributed by atoms with Crippen molar-refractivity contribution in [1.82, 2.24) is 10.6 Å². The number of rotatable bonds is 8. The van der Waals surface area contributed by atoms with Gasteiger partial charge in [-0.25, -0.2) is 9.59 Å². The van der Waals surface area contributed by atoms with E-state index < -0.39 is 36.0 Å². The van der Waals surface area contributed by atoms with Gasteiger partial charge < -0.3 is 25.6 Å². The molecule has 0 fully saturated rings. The first-order valence-electron chi connectivity index (χ1n) is 11.4. The van der Waals surface area contributed by atoms with E-state index in [0.717, 1.165) is 22.3 Å². The number of aliphatic carboxylic acids is 1. The van der Waals surface area contributed by atoms with Crippen LogP contribution < -0.4 is 10.6 Å². The minimum Gasteiger partial charge on any atom is -0.480 e. The molecule has 34 heavy (non-hydrogen) atoms. The number of fused-ring (bicyclic) bond motifs is 3. The average molecular weight is 465 g/mol. The van der Waals surface area contributed by atoms with Crippen LogP contribution in [0.1, 0.15) is 36.3 Å². The first-order chi connectivity index (χ1) is 16.5. The van der Waals surface area contributed by atoms with Gasteiger partial charge in [0.25, 0.3) is 0 Å². The van der Waals surface area contributed by atoms with Crippen LogP contribution in [0.5, 0.6) is 0 Å². The Bertz CT molecular complexity index is 1050. The molecular formula is C26H28N2O6. The lowest BCUT2D eigenvalue weighted by molar-refractivity contribution is -0.143. The van der Waals surface area contributed by atoms with Gasteiger partial charge in [-0.3, -0.25) is 4.79 Å². The van der Waals surface area contributed by atoms with Crippen LogP contribution in [-0.4, -0.2) is 53.5 Å². The molecule has 0 heterocycles. The number of ether oxygens (including phenoxy) is 1. The SMILES string of the molecule is O=C(N[C@@H]1C=CC[C@@H](C(=O)N[C@H](CCO)C(=O)O)C1)OCC1c2ccccc2-c2ccccc21. The van der Waals surface area contributed by atoms with Crippen LogP contribution in [0, 0.1) is 5.92 Å². The van der Waals surface area contributed by atoms with E-state index in [1.165, 1.54) is 0 Å². The quantitative estimate of drug-likeness (QED) is 0.445. The molecule has 2 aromatic rings. The van der Waals surface area contributed by atoms with Crippen molar-refractivity contribution < 1.29 is 29.3 Å². The molecule has 3 atom stereocenters. The molecule has 2 amide bonds. The summed E-state index contributed by atoms with van der Waals surface area (Å²) in [6, 6.07) is 14.6. The summed E-state index contributed by atoms with van der Waals surface area (Å²) in [6.45, 7) is -0.143. The summed E-state index contributed by atoms with van der Waals surface area (Å²) in [6.07, 6.45) is 3.75. The predicted octanol–water partition coefficient (Wildman–Crippen LogP) is 2.81. The molecular weight excluding hydrogens is 436 g/mol. The maximum absolute atomic E-state index is 12.5. The number of aliphatic hydroxyl groups is 1. The molecule has 2 aliphatic carbocycles. The minimum absolute atomic E-state index is 0.0435. The molecule has 8 nitrogen and oxygen atoms in total. The lowest BCUT2D eigenvalue weighted by Crippen LogP contribution is -2.46. The van der Waals surface area contributed by atoms with Crippen LogP contribution in [0.15, 0.2) is 60.7 Å². The summed E-state index contributed by atoms with van der Waals surface area (Å²) >= 11 is 0. The molecule has 0 aromatic heterocycles. The van der Waals surface area contributed by atoms with Crippen LogP contribution in [0.2, 0.25) is 0 Å². The fraction of sp³-hybridized carbons (Fsp3) is 0.346. The van der Waals surface area contributed by atoms with Gasteiger partial charge in [0.1, 0.15) is 12.6 Å². The molecule has 0 spiro atoms. The number of carboxylic acids is 1. The Balaban J connectivity index is 1.32. The highest BCUT2D eigenvalue weighted by molar-refractivity contribution is 5.85. The molecule has 178 valence electrons. The molecule has 0 aliphatic heterocycles. The number of aliphatic hydroxyl groups excluding tert-OH is 1. The fourth-order valence-corrected chi connectivity index (χ4v) is 4.68. The molecule has 8 heteroatoms. The Morgan fingerprint density at radius 2 is 1.68 bits per heavy atom. The highest BCUT2D eigenvalue weighted by Crippen LogP contribution is 2.44. The van der Waals surface area contributed by atoms with Gasteiger partial charge in [0, 0.05) is 24.9 Å². The van der Waals surface area contributed by atoms with Crippen LogP contribution in [0.25, 0.3) is 11.1 Å². The first kappa shape index (κ1) is 23.5. The number of amides is 2. The Morgan fingerprint density at radius 1 is 1.03 bits per heavy atom. The smallest absolute Gasteiger partial charge is 0.407 e. The van der Waals surface area contributed by atoms with Crippen molar-refractivity contribution in [2.45, 2.75) is 37.3 Å². The number of alkyl carbamates (subject to hydrolysis) is 1.